The minimum absolute atomic E-state index is 0.0375. The van der Waals surface area contributed by atoms with E-state index < -0.39 is 19.7 Å². The molecule has 2 aliphatic rings. The monoisotopic (exact) mass is 479 g/mol. The molecule has 164 valence electrons. The molecular formula is C27H22Cl2N4. The molecule has 1 aliphatic heterocycles. The molecule has 1 heterocycles. The van der Waals surface area contributed by atoms with Gasteiger partial charge in [-0.1, -0.05) is 35.3 Å². The zero-order chi connectivity index (χ0) is 28.9. The number of rotatable bonds is 4. The first-order valence-electron chi connectivity index (χ1n) is 13.6. The third-order valence-corrected chi connectivity index (χ3v) is 5.64. The number of halogens is 2. The van der Waals surface area contributed by atoms with Gasteiger partial charge in [0.2, 0.25) is 0 Å². The number of anilines is 2. The summed E-state index contributed by atoms with van der Waals surface area (Å²) < 4.78 is 57.9. The average Bonchev–Trinajstić information content (AvgIpc) is 2.88. The van der Waals surface area contributed by atoms with Gasteiger partial charge in [-0.05, 0) is 86.5 Å². The molecule has 33 heavy (non-hydrogen) atoms. The zero-order valence-electron chi connectivity index (χ0n) is 24.2. The summed E-state index contributed by atoms with van der Waals surface area (Å²) in [6, 6.07) is 21.4. The van der Waals surface area contributed by atoms with Crippen molar-refractivity contribution in [3.8, 4) is 17.1 Å². The second kappa shape index (κ2) is 8.89. The summed E-state index contributed by atoms with van der Waals surface area (Å²) in [5.41, 5.74) is 4.05. The Labute approximate surface area is 212 Å². The predicted octanol–water partition coefficient (Wildman–Crippen LogP) is 7.49. The summed E-state index contributed by atoms with van der Waals surface area (Å²) in [4.78, 5) is 8.93. The molecule has 1 aliphatic carbocycles. The fraction of sp³-hybridized carbons (Fsp3) is 0.111. The van der Waals surface area contributed by atoms with Crippen LogP contribution in [0, 0.1) is 0 Å². The fourth-order valence-corrected chi connectivity index (χ4v) is 3.96. The number of nitrogens with one attached hydrogen (secondary N) is 1. The number of aromatic nitrogens is 2. The second-order valence-electron chi connectivity index (χ2n) is 7.36. The molecule has 4 nitrogen and oxygen atoms in total. The molecule has 0 amide bonds. The van der Waals surface area contributed by atoms with Crippen molar-refractivity contribution < 1.29 is 9.60 Å². The van der Waals surface area contributed by atoms with Gasteiger partial charge < -0.3 is 9.88 Å². The van der Waals surface area contributed by atoms with Crippen LogP contribution >= 0.6 is 23.2 Å². The Morgan fingerprint density at radius 3 is 2.36 bits per heavy atom. The van der Waals surface area contributed by atoms with Crippen LogP contribution in [-0.2, 0) is 0 Å². The lowest BCUT2D eigenvalue weighted by molar-refractivity contribution is 0.806. The van der Waals surface area contributed by atoms with Crippen LogP contribution in [0.25, 0.3) is 28.1 Å². The highest BCUT2D eigenvalue weighted by Crippen LogP contribution is 2.31. The summed E-state index contributed by atoms with van der Waals surface area (Å²) >= 11 is 12.2. The summed E-state index contributed by atoms with van der Waals surface area (Å²) in [6.07, 6.45) is 0. The Morgan fingerprint density at radius 1 is 0.939 bits per heavy atom. The van der Waals surface area contributed by atoms with Crippen LogP contribution in [0.4, 0.5) is 11.4 Å². The van der Waals surface area contributed by atoms with E-state index in [-0.39, 0.29) is 11.0 Å². The molecule has 3 aromatic rings. The number of benzene rings is 4. The van der Waals surface area contributed by atoms with E-state index in [9.17, 15) is 0 Å². The normalized spacial score (nSPS) is 16.3. The molecular weight excluding hydrogens is 451 g/mol. The Balaban J connectivity index is 1.89. The summed E-state index contributed by atoms with van der Waals surface area (Å²) in [5.74, 6) is 0. The molecule has 0 saturated heterocycles. The molecule has 0 atom stereocenters. The Bertz CT molecular complexity index is 1710. The second-order valence-corrected chi connectivity index (χ2v) is 8.24. The van der Waals surface area contributed by atoms with E-state index in [1.54, 1.807) is 48.5 Å². The quantitative estimate of drug-likeness (QED) is 0.271. The van der Waals surface area contributed by atoms with Gasteiger partial charge >= 0.3 is 0 Å². The van der Waals surface area contributed by atoms with Crippen molar-refractivity contribution in [2.75, 3.05) is 5.32 Å². The molecule has 3 aromatic carbocycles. The lowest BCUT2D eigenvalue weighted by Crippen LogP contribution is -2.16. The van der Waals surface area contributed by atoms with Crippen LogP contribution in [0.3, 0.4) is 0 Å². The maximum absolute atomic E-state index is 8.57. The van der Waals surface area contributed by atoms with Crippen LogP contribution in [0.5, 0.6) is 0 Å². The van der Waals surface area contributed by atoms with Crippen molar-refractivity contribution >= 4 is 45.6 Å². The van der Waals surface area contributed by atoms with Crippen molar-refractivity contribution in [1.82, 2.24) is 9.55 Å². The minimum atomic E-state index is -3.25. The molecule has 5 rings (SSSR count). The van der Waals surface area contributed by atoms with Gasteiger partial charge in [0.15, 0.2) is 0 Å². The molecule has 0 aromatic heterocycles. The smallest absolute Gasteiger partial charge is 0.0900 e. The van der Waals surface area contributed by atoms with E-state index in [0.29, 0.717) is 32.6 Å². The summed E-state index contributed by atoms with van der Waals surface area (Å²) in [6.45, 7) is -6.50. The highest BCUT2D eigenvalue weighted by Gasteiger charge is 2.16. The van der Waals surface area contributed by atoms with Gasteiger partial charge in [0.1, 0.15) is 0 Å². The van der Waals surface area contributed by atoms with Crippen LogP contribution in [0.2, 0.25) is 10.0 Å². The van der Waals surface area contributed by atoms with E-state index in [1.807, 2.05) is 41.0 Å². The Hall–Kier alpha value is -3.34. The number of para-hydroxylation sites is 2. The largest absolute Gasteiger partial charge is 0.354 e. The van der Waals surface area contributed by atoms with Crippen LogP contribution in [-0.4, -0.2) is 15.6 Å². The SMILES string of the molecule is [2H]C([2H])([2H])C([2H])(N=c1cc2n(-c3ccc(Cl)cc3)c3ccccc3nc-2cc1Nc1ccc(Cl)cc1)C([2H])([2H])[2H]. The first-order valence-corrected chi connectivity index (χ1v) is 10.8. The highest BCUT2D eigenvalue weighted by atomic mass is 35.5. The third kappa shape index (κ3) is 4.45. The molecule has 0 unspecified atom stereocenters. The first-order chi connectivity index (χ1) is 18.8. The highest BCUT2D eigenvalue weighted by molar-refractivity contribution is 6.30. The number of fused-ring (bicyclic) bond motifs is 2. The van der Waals surface area contributed by atoms with Crippen LogP contribution < -0.4 is 10.7 Å². The van der Waals surface area contributed by atoms with Gasteiger partial charge in [-0.2, -0.15) is 0 Å². The van der Waals surface area contributed by atoms with Gasteiger partial charge in [0, 0.05) is 35.7 Å². The van der Waals surface area contributed by atoms with E-state index in [0.717, 1.165) is 11.2 Å². The summed E-state index contributed by atoms with van der Waals surface area (Å²) in [7, 11) is 0. The minimum Gasteiger partial charge on any atom is -0.354 e. The zero-order valence-corrected chi connectivity index (χ0v) is 18.7. The Morgan fingerprint density at radius 2 is 1.64 bits per heavy atom. The van der Waals surface area contributed by atoms with Crippen LogP contribution in [0.15, 0.2) is 89.9 Å². The maximum atomic E-state index is 8.57. The Kier molecular flexibility index (Phi) is 3.97. The van der Waals surface area contributed by atoms with Crippen molar-refractivity contribution in [3.63, 3.8) is 0 Å². The molecule has 0 fully saturated rings. The van der Waals surface area contributed by atoms with Crippen molar-refractivity contribution in [3.05, 3.63) is 100 Å². The van der Waals surface area contributed by atoms with Crippen molar-refractivity contribution in [1.29, 1.82) is 0 Å². The van der Waals surface area contributed by atoms with Crippen molar-refractivity contribution in [2.24, 2.45) is 4.99 Å². The molecule has 0 bridgehead atoms. The number of nitrogens with zero attached hydrogens (tertiary/aromatic N) is 3. The molecule has 1 N–H and O–H groups in total. The lowest BCUT2D eigenvalue weighted by atomic mass is 10.1. The third-order valence-electron chi connectivity index (χ3n) is 5.14. The lowest BCUT2D eigenvalue weighted by Gasteiger charge is -2.20. The van der Waals surface area contributed by atoms with E-state index in [4.69, 9.17) is 37.8 Å². The fourth-order valence-electron chi connectivity index (χ4n) is 3.71. The molecule has 6 heteroatoms. The predicted molar refractivity (Wildman–Crippen MR) is 138 cm³/mol. The summed E-state index contributed by atoms with van der Waals surface area (Å²) in [5, 5.41) is 4.19. The maximum Gasteiger partial charge on any atom is 0.0900 e. The van der Waals surface area contributed by atoms with Gasteiger partial charge in [-0.15, -0.1) is 0 Å². The van der Waals surface area contributed by atoms with Gasteiger partial charge in [0.05, 0.1) is 34.8 Å². The topological polar surface area (TPSA) is 42.2 Å². The van der Waals surface area contributed by atoms with E-state index in [2.05, 4.69) is 10.3 Å². The molecule has 0 radical (unpaired) electrons. The van der Waals surface area contributed by atoms with Crippen molar-refractivity contribution in [2.45, 2.75) is 19.7 Å². The van der Waals surface area contributed by atoms with Gasteiger partial charge in [-0.3, -0.25) is 4.99 Å². The number of hydrogen-bond acceptors (Lipinski definition) is 3. The van der Waals surface area contributed by atoms with Crippen LogP contribution in [0.1, 0.15) is 23.3 Å². The number of hydrogen-bond donors (Lipinski definition) is 1. The van der Waals surface area contributed by atoms with Gasteiger partial charge in [0.25, 0.3) is 0 Å². The van der Waals surface area contributed by atoms with E-state index in [1.165, 1.54) is 0 Å². The first kappa shape index (κ1) is 14.7. The molecule has 0 saturated carbocycles. The van der Waals surface area contributed by atoms with E-state index >= 15 is 0 Å². The standard InChI is InChI=1S/C27H22Cl2N4/c1-17(2)30-24-16-27-25(15-23(24)31-20-11-7-18(28)8-12-20)32-22-5-3-4-6-26(22)33(27)21-13-9-19(29)10-14-21/h3-17,31H,1-2H3/i1D3,2D3,17D. The van der Waals surface area contributed by atoms with Gasteiger partial charge in [-0.25, -0.2) is 4.98 Å². The molecule has 0 spiro atoms. The average molecular weight is 480 g/mol.